The van der Waals surface area contributed by atoms with Crippen LogP contribution >= 0.6 is 0 Å². The molecule has 7 heteroatoms. The van der Waals surface area contributed by atoms with E-state index >= 15 is 0 Å². The molecule has 0 saturated carbocycles. The molecular formula is C38H75NO5S. The summed E-state index contributed by atoms with van der Waals surface area (Å²) in [5, 5.41) is 13.3. The van der Waals surface area contributed by atoms with Crippen LogP contribution in [-0.2, 0) is 14.9 Å². The predicted molar refractivity (Wildman–Crippen MR) is 193 cm³/mol. The van der Waals surface area contributed by atoms with Crippen molar-refractivity contribution in [3.8, 4) is 0 Å². The van der Waals surface area contributed by atoms with Crippen LogP contribution in [0.25, 0.3) is 0 Å². The molecule has 0 aliphatic rings. The molecule has 268 valence electrons. The Balaban J connectivity index is 3.89. The minimum Gasteiger partial charge on any atom is -0.391 e. The van der Waals surface area contributed by atoms with E-state index in [1.165, 1.54) is 128 Å². The van der Waals surface area contributed by atoms with E-state index in [9.17, 15) is 22.9 Å². The Bertz CT molecular complexity index is 770. The van der Waals surface area contributed by atoms with E-state index in [0.717, 1.165) is 51.4 Å². The molecule has 0 spiro atoms. The second-order valence-electron chi connectivity index (χ2n) is 13.6. The summed E-state index contributed by atoms with van der Waals surface area (Å²) in [5.41, 5.74) is 0. The molecule has 6 nitrogen and oxygen atoms in total. The third kappa shape index (κ3) is 34.2. The highest BCUT2D eigenvalue weighted by atomic mass is 32.2. The number of rotatable bonds is 35. The Morgan fingerprint density at radius 1 is 0.578 bits per heavy atom. The standard InChI is InChI=1S/C38H75NO5S/c1-3-5-7-9-11-13-15-17-19-20-21-23-25-27-29-31-33-37(40)36(35-45(42,43)44)39-38(41)34-32-30-28-26-24-22-18-16-14-12-10-8-6-4-2/h16,18,36-37,40H,3-15,17,19-35H2,1-2H3,(H,39,41)(H,42,43,44)/b18-16-. The van der Waals surface area contributed by atoms with Crippen LogP contribution in [0.5, 0.6) is 0 Å². The van der Waals surface area contributed by atoms with Crippen molar-refractivity contribution >= 4 is 16.0 Å². The average molecular weight is 658 g/mol. The van der Waals surface area contributed by atoms with Crippen molar-refractivity contribution in [3.63, 3.8) is 0 Å². The second kappa shape index (κ2) is 33.0. The summed E-state index contributed by atoms with van der Waals surface area (Å²) in [6.07, 6.45) is 38.7. The number of amides is 1. The van der Waals surface area contributed by atoms with E-state index in [1.807, 2.05) is 0 Å². The molecule has 0 saturated heterocycles. The Morgan fingerprint density at radius 3 is 1.33 bits per heavy atom. The minimum absolute atomic E-state index is 0.253. The number of allylic oxidation sites excluding steroid dienone is 2. The van der Waals surface area contributed by atoms with Crippen LogP contribution in [0, 0.1) is 0 Å². The summed E-state index contributed by atoms with van der Waals surface area (Å²) < 4.78 is 32.4. The molecule has 0 rings (SSSR count). The predicted octanol–water partition coefficient (Wildman–Crippen LogP) is 11.0. The Labute approximate surface area is 280 Å². The highest BCUT2D eigenvalue weighted by Gasteiger charge is 2.26. The number of aliphatic hydroxyl groups excluding tert-OH is 1. The molecule has 3 N–H and O–H groups in total. The number of carbonyl (C=O) groups is 1. The van der Waals surface area contributed by atoms with Gasteiger partial charge < -0.3 is 10.4 Å². The zero-order chi connectivity index (χ0) is 33.3. The van der Waals surface area contributed by atoms with Crippen molar-refractivity contribution in [3.05, 3.63) is 12.2 Å². The summed E-state index contributed by atoms with van der Waals surface area (Å²) in [4.78, 5) is 12.5. The minimum atomic E-state index is -4.30. The lowest BCUT2D eigenvalue weighted by molar-refractivity contribution is -0.122. The smallest absolute Gasteiger partial charge is 0.266 e. The largest absolute Gasteiger partial charge is 0.391 e. The number of hydrogen-bond acceptors (Lipinski definition) is 4. The van der Waals surface area contributed by atoms with E-state index in [4.69, 9.17) is 0 Å². The lowest BCUT2D eigenvalue weighted by Gasteiger charge is -2.23. The maximum atomic E-state index is 12.5. The topological polar surface area (TPSA) is 104 Å². The van der Waals surface area contributed by atoms with Gasteiger partial charge in [0.25, 0.3) is 10.1 Å². The number of hydrogen-bond donors (Lipinski definition) is 3. The number of carbonyl (C=O) groups excluding carboxylic acids is 1. The second-order valence-corrected chi connectivity index (χ2v) is 15.1. The molecule has 0 aromatic carbocycles. The fourth-order valence-corrected chi connectivity index (χ4v) is 6.80. The molecule has 0 heterocycles. The van der Waals surface area contributed by atoms with Gasteiger partial charge in [-0.15, -0.1) is 0 Å². The first-order valence-electron chi connectivity index (χ1n) is 19.4. The molecule has 45 heavy (non-hydrogen) atoms. The van der Waals surface area contributed by atoms with Crippen LogP contribution in [0.15, 0.2) is 12.2 Å². The van der Waals surface area contributed by atoms with Gasteiger partial charge in [-0.3, -0.25) is 9.35 Å². The first-order valence-corrected chi connectivity index (χ1v) is 21.0. The summed E-state index contributed by atoms with van der Waals surface area (Å²) in [5.74, 6) is -0.901. The van der Waals surface area contributed by atoms with Gasteiger partial charge in [0, 0.05) is 6.42 Å². The highest BCUT2D eigenvalue weighted by molar-refractivity contribution is 7.85. The molecule has 0 aliphatic carbocycles. The number of aliphatic hydroxyl groups is 1. The van der Waals surface area contributed by atoms with Gasteiger partial charge in [-0.25, -0.2) is 0 Å². The zero-order valence-corrected chi connectivity index (χ0v) is 30.6. The number of nitrogens with one attached hydrogen (secondary N) is 1. The molecule has 0 aromatic heterocycles. The van der Waals surface area contributed by atoms with Gasteiger partial charge >= 0.3 is 0 Å². The maximum absolute atomic E-state index is 12.5. The highest BCUT2D eigenvalue weighted by Crippen LogP contribution is 2.16. The lowest BCUT2D eigenvalue weighted by Crippen LogP contribution is -2.47. The van der Waals surface area contributed by atoms with E-state index in [2.05, 4.69) is 31.3 Å². The fourth-order valence-electron chi connectivity index (χ4n) is 6.04. The van der Waals surface area contributed by atoms with Crippen LogP contribution < -0.4 is 5.32 Å². The normalized spacial score (nSPS) is 13.4. The van der Waals surface area contributed by atoms with Gasteiger partial charge in [-0.2, -0.15) is 8.42 Å². The molecule has 0 radical (unpaired) electrons. The molecule has 2 unspecified atom stereocenters. The molecule has 1 amide bonds. The molecule has 0 fully saturated rings. The Morgan fingerprint density at radius 2 is 0.933 bits per heavy atom. The lowest BCUT2D eigenvalue weighted by atomic mass is 10.0. The maximum Gasteiger partial charge on any atom is 0.266 e. The van der Waals surface area contributed by atoms with Crippen molar-refractivity contribution in [2.45, 2.75) is 219 Å². The van der Waals surface area contributed by atoms with Gasteiger partial charge in [0.15, 0.2) is 0 Å². The van der Waals surface area contributed by atoms with Gasteiger partial charge in [0.05, 0.1) is 17.9 Å². The molecule has 0 aromatic rings. The quantitative estimate of drug-likeness (QED) is 0.0357. The van der Waals surface area contributed by atoms with E-state index in [1.54, 1.807) is 0 Å². The molecular weight excluding hydrogens is 582 g/mol. The Kier molecular flexibility index (Phi) is 32.3. The number of unbranched alkanes of at least 4 members (excludes halogenated alkanes) is 25. The van der Waals surface area contributed by atoms with Crippen LogP contribution in [0.1, 0.15) is 206 Å². The Hall–Kier alpha value is -0.920. The van der Waals surface area contributed by atoms with Crippen molar-refractivity contribution in [1.29, 1.82) is 0 Å². The summed E-state index contributed by atoms with van der Waals surface area (Å²) in [6.45, 7) is 4.51. The van der Waals surface area contributed by atoms with Gasteiger partial charge in [-0.1, -0.05) is 174 Å². The third-order valence-corrected chi connectivity index (χ3v) is 9.75. The van der Waals surface area contributed by atoms with Gasteiger partial charge in [-0.05, 0) is 38.5 Å². The van der Waals surface area contributed by atoms with E-state index < -0.39 is 28.0 Å². The van der Waals surface area contributed by atoms with Crippen LogP contribution in [0.4, 0.5) is 0 Å². The monoisotopic (exact) mass is 658 g/mol. The zero-order valence-electron chi connectivity index (χ0n) is 29.8. The molecule has 2 atom stereocenters. The SMILES string of the molecule is CCCCCCC/C=C\CCCCCCCC(=O)NC(CS(=O)(=O)O)C(O)CCCCCCCCCCCCCCCCCC. The van der Waals surface area contributed by atoms with Crippen molar-refractivity contribution in [2.75, 3.05) is 5.75 Å². The van der Waals surface area contributed by atoms with Crippen LogP contribution in [0.3, 0.4) is 0 Å². The first-order chi connectivity index (χ1) is 21.8. The van der Waals surface area contributed by atoms with E-state index in [-0.39, 0.29) is 5.91 Å². The summed E-state index contributed by atoms with van der Waals surface area (Å²) >= 11 is 0. The van der Waals surface area contributed by atoms with Gasteiger partial charge in [0.2, 0.25) is 5.91 Å². The van der Waals surface area contributed by atoms with Crippen LogP contribution in [-0.4, -0.2) is 41.9 Å². The summed E-state index contributed by atoms with van der Waals surface area (Å²) in [7, 11) is -4.30. The summed E-state index contributed by atoms with van der Waals surface area (Å²) in [6, 6.07) is -0.970. The van der Waals surface area contributed by atoms with E-state index in [0.29, 0.717) is 12.8 Å². The first kappa shape index (κ1) is 44.1. The fraction of sp³-hybridized carbons (Fsp3) is 0.921. The average Bonchev–Trinajstić information content (AvgIpc) is 3.00. The van der Waals surface area contributed by atoms with Crippen molar-refractivity contribution in [2.24, 2.45) is 0 Å². The van der Waals surface area contributed by atoms with Crippen LogP contribution in [0.2, 0.25) is 0 Å². The van der Waals surface area contributed by atoms with Crippen molar-refractivity contribution in [1.82, 2.24) is 5.32 Å². The van der Waals surface area contributed by atoms with Crippen molar-refractivity contribution < 1.29 is 22.9 Å². The van der Waals surface area contributed by atoms with Gasteiger partial charge in [0.1, 0.15) is 0 Å². The molecule has 0 bridgehead atoms. The third-order valence-electron chi connectivity index (χ3n) is 8.97. The molecule has 0 aliphatic heterocycles.